The lowest BCUT2D eigenvalue weighted by Gasteiger charge is -2.16. The van der Waals surface area contributed by atoms with Crippen LogP contribution in [0.4, 0.5) is 0 Å². The van der Waals surface area contributed by atoms with Crippen molar-refractivity contribution in [2.24, 2.45) is 5.73 Å². The van der Waals surface area contributed by atoms with E-state index in [0.717, 1.165) is 0 Å². The molecular formula is C11H17NO. The zero-order valence-corrected chi connectivity index (χ0v) is 8.29. The van der Waals surface area contributed by atoms with Crippen LogP contribution in [-0.2, 0) is 4.74 Å². The molecule has 0 aliphatic heterocycles. The third-order valence-electron chi connectivity index (χ3n) is 2.28. The van der Waals surface area contributed by atoms with Gasteiger partial charge in [0.2, 0.25) is 0 Å². The van der Waals surface area contributed by atoms with Gasteiger partial charge < -0.3 is 10.5 Å². The van der Waals surface area contributed by atoms with Crippen molar-refractivity contribution in [1.29, 1.82) is 0 Å². The lowest BCUT2D eigenvalue weighted by molar-refractivity contribution is 0.181. The van der Waals surface area contributed by atoms with Crippen molar-refractivity contribution in [1.82, 2.24) is 0 Å². The van der Waals surface area contributed by atoms with Crippen molar-refractivity contribution in [3.63, 3.8) is 0 Å². The number of rotatable bonds is 4. The Balaban J connectivity index is 2.84. The highest BCUT2D eigenvalue weighted by atomic mass is 16.5. The monoisotopic (exact) mass is 179 g/mol. The molecule has 2 nitrogen and oxygen atoms in total. The second-order valence-electron chi connectivity index (χ2n) is 3.24. The van der Waals surface area contributed by atoms with Gasteiger partial charge in [-0.25, -0.2) is 0 Å². The quantitative estimate of drug-likeness (QED) is 0.763. The van der Waals surface area contributed by atoms with Gasteiger partial charge in [-0.3, -0.25) is 0 Å². The molecule has 1 aromatic rings. The van der Waals surface area contributed by atoms with Gasteiger partial charge in [0.25, 0.3) is 0 Å². The largest absolute Gasteiger partial charge is 0.384 e. The number of methoxy groups -OCH3 is 1. The minimum absolute atomic E-state index is 0.325. The third-order valence-corrected chi connectivity index (χ3v) is 2.28. The first-order chi connectivity index (χ1) is 6.29. The Kier molecular flexibility index (Phi) is 3.93. The van der Waals surface area contributed by atoms with Crippen LogP contribution in [0.25, 0.3) is 0 Å². The Hall–Kier alpha value is -0.860. The molecular weight excluding hydrogens is 162 g/mol. The van der Waals surface area contributed by atoms with E-state index in [1.807, 2.05) is 12.1 Å². The van der Waals surface area contributed by atoms with Crippen molar-refractivity contribution in [2.75, 3.05) is 20.3 Å². The Labute approximate surface area is 79.7 Å². The summed E-state index contributed by atoms with van der Waals surface area (Å²) in [5.41, 5.74) is 8.26. The summed E-state index contributed by atoms with van der Waals surface area (Å²) in [5, 5.41) is 0. The predicted octanol–water partition coefficient (Wildman–Crippen LogP) is 1.68. The first kappa shape index (κ1) is 10.2. The lowest BCUT2D eigenvalue weighted by atomic mass is 9.96. The molecule has 0 aliphatic carbocycles. The fourth-order valence-electron chi connectivity index (χ4n) is 1.53. The summed E-state index contributed by atoms with van der Waals surface area (Å²) in [6.45, 7) is 3.44. The smallest absolute Gasteiger partial charge is 0.0543 e. The Morgan fingerprint density at radius 1 is 1.38 bits per heavy atom. The van der Waals surface area contributed by atoms with E-state index < -0.39 is 0 Å². The molecule has 0 aliphatic rings. The van der Waals surface area contributed by atoms with E-state index in [-0.39, 0.29) is 0 Å². The molecule has 1 aromatic carbocycles. The molecule has 0 spiro atoms. The van der Waals surface area contributed by atoms with Crippen LogP contribution in [0, 0.1) is 6.92 Å². The second-order valence-corrected chi connectivity index (χ2v) is 3.24. The Morgan fingerprint density at radius 3 is 2.62 bits per heavy atom. The molecule has 0 heterocycles. The summed E-state index contributed by atoms with van der Waals surface area (Å²) in [7, 11) is 1.71. The SMILES string of the molecule is COCC(CN)c1ccccc1C. The van der Waals surface area contributed by atoms with Crippen molar-refractivity contribution >= 4 is 0 Å². The summed E-state index contributed by atoms with van der Waals surface area (Å²) >= 11 is 0. The molecule has 0 saturated heterocycles. The number of nitrogens with two attached hydrogens (primary N) is 1. The molecule has 0 saturated carbocycles. The summed E-state index contributed by atoms with van der Waals surface area (Å²) < 4.78 is 5.12. The van der Waals surface area contributed by atoms with Gasteiger partial charge in [0.15, 0.2) is 0 Å². The van der Waals surface area contributed by atoms with E-state index in [1.165, 1.54) is 11.1 Å². The van der Waals surface area contributed by atoms with Gasteiger partial charge in [-0.05, 0) is 18.1 Å². The summed E-state index contributed by atoms with van der Waals surface area (Å²) in [6, 6.07) is 8.30. The average Bonchev–Trinajstić information content (AvgIpc) is 2.16. The van der Waals surface area contributed by atoms with Crippen LogP contribution in [-0.4, -0.2) is 20.3 Å². The Bertz CT molecular complexity index is 260. The molecule has 0 amide bonds. The van der Waals surface area contributed by atoms with E-state index in [0.29, 0.717) is 19.1 Å². The van der Waals surface area contributed by atoms with Gasteiger partial charge in [-0.2, -0.15) is 0 Å². The average molecular weight is 179 g/mol. The molecule has 72 valence electrons. The molecule has 2 heteroatoms. The maximum absolute atomic E-state index is 5.68. The summed E-state index contributed by atoms with van der Waals surface area (Å²) in [6.07, 6.45) is 0. The number of hydrogen-bond acceptors (Lipinski definition) is 2. The summed E-state index contributed by atoms with van der Waals surface area (Å²) in [5.74, 6) is 0.325. The van der Waals surface area contributed by atoms with Crippen LogP contribution < -0.4 is 5.73 Å². The highest BCUT2D eigenvalue weighted by Gasteiger charge is 2.10. The zero-order valence-electron chi connectivity index (χ0n) is 8.29. The molecule has 1 rings (SSSR count). The van der Waals surface area contributed by atoms with Crippen LogP contribution in [0.3, 0.4) is 0 Å². The fraction of sp³-hybridized carbons (Fsp3) is 0.455. The van der Waals surface area contributed by atoms with Gasteiger partial charge in [-0.15, -0.1) is 0 Å². The van der Waals surface area contributed by atoms with E-state index in [2.05, 4.69) is 19.1 Å². The second kappa shape index (κ2) is 5.00. The minimum Gasteiger partial charge on any atom is -0.384 e. The minimum atomic E-state index is 0.325. The van der Waals surface area contributed by atoms with E-state index in [4.69, 9.17) is 10.5 Å². The van der Waals surface area contributed by atoms with Crippen molar-refractivity contribution < 1.29 is 4.74 Å². The zero-order chi connectivity index (χ0) is 9.68. The highest BCUT2D eigenvalue weighted by molar-refractivity contribution is 5.29. The first-order valence-corrected chi connectivity index (χ1v) is 4.54. The topological polar surface area (TPSA) is 35.2 Å². The third kappa shape index (κ3) is 2.54. The first-order valence-electron chi connectivity index (χ1n) is 4.54. The predicted molar refractivity (Wildman–Crippen MR) is 54.9 cm³/mol. The molecule has 1 unspecified atom stereocenters. The molecule has 0 aromatic heterocycles. The molecule has 1 atom stereocenters. The van der Waals surface area contributed by atoms with Crippen molar-refractivity contribution in [3.8, 4) is 0 Å². The molecule has 0 fully saturated rings. The maximum atomic E-state index is 5.68. The number of hydrogen-bond donors (Lipinski definition) is 1. The van der Waals surface area contributed by atoms with E-state index in [9.17, 15) is 0 Å². The molecule has 13 heavy (non-hydrogen) atoms. The number of ether oxygens (including phenoxy) is 1. The van der Waals surface area contributed by atoms with Gasteiger partial charge >= 0.3 is 0 Å². The molecule has 0 bridgehead atoms. The van der Waals surface area contributed by atoms with Crippen molar-refractivity contribution in [2.45, 2.75) is 12.8 Å². The maximum Gasteiger partial charge on any atom is 0.0543 e. The summed E-state index contributed by atoms with van der Waals surface area (Å²) in [4.78, 5) is 0. The van der Waals surface area contributed by atoms with Crippen LogP contribution in [0.5, 0.6) is 0 Å². The van der Waals surface area contributed by atoms with E-state index in [1.54, 1.807) is 7.11 Å². The van der Waals surface area contributed by atoms with Crippen LogP contribution in [0.2, 0.25) is 0 Å². The van der Waals surface area contributed by atoms with Crippen LogP contribution in [0.15, 0.2) is 24.3 Å². The lowest BCUT2D eigenvalue weighted by Crippen LogP contribution is -2.18. The van der Waals surface area contributed by atoms with Gasteiger partial charge in [0.05, 0.1) is 6.61 Å². The fourth-order valence-corrected chi connectivity index (χ4v) is 1.53. The van der Waals surface area contributed by atoms with Crippen LogP contribution >= 0.6 is 0 Å². The standard InChI is InChI=1S/C11H17NO/c1-9-5-3-4-6-11(9)10(7-12)8-13-2/h3-6,10H,7-8,12H2,1-2H3. The Morgan fingerprint density at radius 2 is 2.08 bits per heavy atom. The van der Waals surface area contributed by atoms with Gasteiger partial charge in [-0.1, -0.05) is 24.3 Å². The normalized spacial score (nSPS) is 12.8. The highest BCUT2D eigenvalue weighted by Crippen LogP contribution is 2.18. The van der Waals surface area contributed by atoms with E-state index >= 15 is 0 Å². The number of benzene rings is 1. The van der Waals surface area contributed by atoms with Gasteiger partial charge in [0, 0.05) is 19.6 Å². The number of aryl methyl sites for hydroxylation is 1. The molecule has 0 radical (unpaired) electrons. The van der Waals surface area contributed by atoms with Gasteiger partial charge in [0.1, 0.15) is 0 Å². The van der Waals surface area contributed by atoms with Crippen molar-refractivity contribution in [3.05, 3.63) is 35.4 Å². The van der Waals surface area contributed by atoms with Crippen LogP contribution in [0.1, 0.15) is 17.0 Å². The molecule has 2 N–H and O–H groups in total.